The van der Waals surface area contributed by atoms with Crippen molar-refractivity contribution in [3.05, 3.63) is 64.8 Å². The second kappa shape index (κ2) is 5.41. The number of thiophene rings is 1. The summed E-state index contributed by atoms with van der Waals surface area (Å²) in [5.74, 6) is -3.06. The van der Waals surface area contributed by atoms with E-state index >= 15 is 0 Å². The van der Waals surface area contributed by atoms with E-state index in [-0.39, 0.29) is 11.7 Å². The van der Waals surface area contributed by atoms with Crippen molar-refractivity contribution in [2.75, 3.05) is 5.32 Å². The molecule has 0 saturated heterocycles. The molecular weight excluding hydrogens is 295 g/mol. The van der Waals surface area contributed by atoms with Gasteiger partial charge in [-0.1, -0.05) is 18.2 Å². The van der Waals surface area contributed by atoms with Crippen molar-refractivity contribution in [3.63, 3.8) is 0 Å². The third kappa shape index (κ3) is 2.74. The molecule has 0 fully saturated rings. The van der Waals surface area contributed by atoms with Crippen LogP contribution in [0.3, 0.4) is 0 Å². The predicted molar refractivity (Wildman–Crippen MR) is 80.2 cm³/mol. The highest BCUT2D eigenvalue weighted by atomic mass is 32.1. The standard InChI is InChI=1S/C16H12F3NS/c1-9(15-6-10-4-2-3-5-14(10)21-15)20-13-8-11(17)7-12(18)16(13)19/h2-9,20H,1H3. The minimum atomic E-state index is -1.19. The molecule has 21 heavy (non-hydrogen) atoms. The maximum atomic E-state index is 13.7. The Kier molecular flexibility index (Phi) is 3.59. The van der Waals surface area contributed by atoms with Gasteiger partial charge < -0.3 is 5.32 Å². The molecule has 5 heteroatoms. The molecule has 0 aliphatic heterocycles. The number of rotatable bonds is 3. The summed E-state index contributed by atoms with van der Waals surface area (Å²) in [6.45, 7) is 1.83. The summed E-state index contributed by atoms with van der Waals surface area (Å²) in [6.07, 6.45) is 0. The van der Waals surface area contributed by atoms with Crippen molar-refractivity contribution in [1.29, 1.82) is 0 Å². The Morgan fingerprint density at radius 3 is 2.57 bits per heavy atom. The van der Waals surface area contributed by atoms with Gasteiger partial charge in [0.25, 0.3) is 0 Å². The zero-order chi connectivity index (χ0) is 15.0. The molecule has 0 aliphatic carbocycles. The molecule has 0 radical (unpaired) electrons. The topological polar surface area (TPSA) is 12.0 Å². The van der Waals surface area contributed by atoms with Crippen LogP contribution in [0.25, 0.3) is 10.1 Å². The second-order valence-electron chi connectivity index (χ2n) is 4.80. The highest BCUT2D eigenvalue weighted by Crippen LogP contribution is 2.32. The van der Waals surface area contributed by atoms with Crippen molar-refractivity contribution in [2.24, 2.45) is 0 Å². The Morgan fingerprint density at radius 2 is 1.81 bits per heavy atom. The maximum absolute atomic E-state index is 13.7. The summed E-state index contributed by atoms with van der Waals surface area (Å²) in [6, 6.07) is 11.1. The molecule has 3 rings (SSSR count). The van der Waals surface area contributed by atoms with Gasteiger partial charge in [-0.3, -0.25) is 0 Å². The monoisotopic (exact) mass is 307 g/mol. The van der Waals surface area contributed by atoms with E-state index in [9.17, 15) is 13.2 Å². The van der Waals surface area contributed by atoms with E-state index in [1.165, 1.54) is 0 Å². The predicted octanol–water partition coefficient (Wildman–Crippen LogP) is 5.49. The zero-order valence-corrected chi connectivity index (χ0v) is 12.0. The molecular formula is C16H12F3NS. The third-order valence-electron chi connectivity index (χ3n) is 3.24. The first-order valence-electron chi connectivity index (χ1n) is 6.44. The van der Waals surface area contributed by atoms with Crippen LogP contribution in [0.4, 0.5) is 18.9 Å². The fraction of sp³-hybridized carbons (Fsp3) is 0.125. The van der Waals surface area contributed by atoms with Crippen LogP contribution in [-0.2, 0) is 0 Å². The van der Waals surface area contributed by atoms with Crippen molar-refractivity contribution < 1.29 is 13.2 Å². The molecule has 1 atom stereocenters. The van der Waals surface area contributed by atoms with Crippen LogP contribution < -0.4 is 5.32 Å². The average molecular weight is 307 g/mol. The van der Waals surface area contributed by atoms with Gasteiger partial charge in [0, 0.05) is 21.7 Å². The van der Waals surface area contributed by atoms with Crippen LogP contribution in [0.5, 0.6) is 0 Å². The Balaban J connectivity index is 1.91. The van der Waals surface area contributed by atoms with E-state index in [4.69, 9.17) is 0 Å². The van der Waals surface area contributed by atoms with Crippen molar-refractivity contribution in [3.8, 4) is 0 Å². The molecule has 0 aliphatic rings. The number of anilines is 1. The molecule has 1 N–H and O–H groups in total. The van der Waals surface area contributed by atoms with Gasteiger partial charge in [-0.25, -0.2) is 13.2 Å². The smallest absolute Gasteiger partial charge is 0.182 e. The summed E-state index contributed by atoms with van der Waals surface area (Å²) < 4.78 is 41.2. The van der Waals surface area contributed by atoms with Crippen LogP contribution in [0.15, 0.2) is 42.5 Å². The van der Waals surface area contributed by atoms with E-state index in [0.717, 1.165) is 21.0 Å². The van der Waals surface area contributed by atoms with E-state index < -0.39 is 17.5 Å². The van der Waals surface area contributed by atoms with Crippen LogP contribution in [-0.4, -0.2) is 0 Å². The second-order valence-corrected chi connectivity index (χ2v) is 5.92. The first-order chi connectivity index (χ1) is 10.0. The highest BCUT2D eigenvalue weighted by molar-refractivity contribution is 7.19. The molecule has 108 valence electrons. The Bertz CT molecular complexity index is 764. The fourth-order valence-electron chi connectivity index (χ4n) is 2.18. The van der Waals surface area contributed by atoms with Crippen molar-refractivity contribution in [2.45, 2.75) is 13.0 Å². The van der Waals surface area contributed by atoms with Gasteiger partial charge in [-0.05, 0) is 24.4 Å². The molecule has 3 aromatic rings. The van der Waals surface area contributed by atoms with Gasteiger partial charge >= 0.3 is 0 Å². The lowest BCUT2D eigenvalue weighted by Gasteiger charge is -2.14. The molecule has 1 heterocycles. The molecule has 0 saturated carbocycles. The lowest BCUT2D eigenvalue weighted by molar-refractivity contribution is 0.496. The summed E-state index contributed by atoms with van der Waals surface area (Å²) in [7, 11) is 0. The van der Waals surface area contributed by atoms with Gasteiger partial charge in [-0.15, -0.1) is 11.3 Å². The zero-order valence-electron chi connectivity index (χ0n) is 11.2. The van der Waals surface area contributed by atoms with E-state index in [1.807, 2.05) is 37.3 Å². The number of nitrogens with one attached hydrogen (secondary N) is 1. The quantitative estimate of drug-likeness (QED) is 0.631. The first kappa shape index (κ1) is 13.9. The lowest BCUT2D eigenvalue weighted by Crippen LogP contribution is -2.07. The fourth-order valence-corrected chi connectivity index (χ4v) is 3.25. The van der Waals surface area contributed by atoms with Gasteiger partial charge in [0.2, 0.25) is 0 Å². The first-order valence-corrected chi connectivity index (χ1v) is 7.26. The van der Waals surface area contributed by atoms with Crippen LogP contribution in [0.2, 0.25) is 0 Å². The lowest BCUT2D eigenvalue weighted by atomic mass is 10.2. The largest absolute Gasteiger partial charge is 0.375 e. The van der Waals surface area contributed by atoms with Crippen LogP contribution in [0.1, 0.15) is 17.8 Å². The number of fused-ring (bicyclic) bond motifs is 1. The van der Waals surface area contributed by atoms with Crippen LogP contribution >= 0.6 is 11.3 Å². The number of hydrogen-bond acceptors (Lipinski definition) is 2. The van der Waals surface area contributed by atoms with Gasteiger partial charge in [0.1, 0.15) is 5.82 Å². The molecule has 1 aromatic heterocycles. The van der Waals surface area contributed by atoms with Gasteiger partial charge in [0.05, 0.1) is 11.7 Å². The van der Waals surface area contributed by atoms with Gasteiger partial charge in [0.15, 0.2) is 11.6 Å². The van der Waals surface area contributed by atoms with Crippen molar-refractivity contribution in [1.82, 2.24) is 0 Å². The molecule has 0 bridgehead atoms. The molecule has 2 aromatic carbocycles. The Hall–Kier alpha value is -2.01. The van der Waals surface area contributed by atoms with Crippen LogP contribution in [0, 0.1) is 17.5 Å². The Labute approximate surface area is 124 Å². The molecule has 1 nitrogen and oxygen atoms in total. The third-order valence-corrected chi connectivity index (χ3v) is 4.54. The summed E-state index contributed by atoms with van der Waals surface area (Å²) in [5, 5.41) is 3.92. The highest BCUT2D eigenvalue weighted by Gasteiger charge is 2.15. The van der Waals surface area contributed by atoms with Crippen molar-refractivity contribution >= 4 is 27.1 Å². The molecule has 0 amide bonds. The van der Waals surface area contributed by atoms with Gasteiger partial charge in [-0.2, -0.15) is 0 Å². The number of halogens is 3. The number of hydrogen-bond donors (Lipinski definition) is 1. The Morgan fingerprint density at radius 1 is 1.05 bits per heavy atom. The average Bonchev–Trinajstić information content (AvgIpc) is 2.88. The maximum Gasteiger partial charge on any atom is 0.182 e. The minimum Gasteiger partial charge on any atom is -0.375 e. The molecule has 0 spiro atoms. The van der Waals surface area contributed by atoms with E-state index in [2.05, 4.69) is 5.32 Å². The normalized spacial score (nSPS) is 12.6. The van der Waals surface area contributed by atoms with E-state index in [1.54, 1.807) is 11.3 Å². The molecule has 1 unspecified atom stereocenters. The number of benzene rings is 2. The summed E-state index contributed by atoms with van der Waals surface area (Å²) in [5.41, 5.74) is -0.169. The summed E-state index contributed by atoms with van der Waals surface area (Å²) >= 11 is 1.57. The SMILES string of the molecule is CC(Nc1cc(F)cc(F)c1F)c1cc2ccccc2s1. The van der Waals surface area contributed by atoms with E-state index in [0.29, 0.717) is 6.07 Å². The summed E-state index contributed by atoms with van der Waals surface area (Å²) in [4.78, 5) is 0.972. The minimum absolute atomic E-state index is 0.169.